The molecule has 0 heterocycles. The summed E-state index contributed by atoms with van der Waals surface area (Å²) in [4.78, 5) is 22.4. The molecule has 0 aliphatic heterocycles. The van der Waals surface area contributed by atoms with Crippen LogP contribution in [0.15, 0.2) is 0 Å². The predicted octanol–water partition coefficient (Wildman–Crippen LogP) is 10.7. The SMILES string of the molecule is CCCC1CCC(C2CCC(OCCCOC(=O)CCS)CC2)CC1.N#CC1CCC(C2CCC(OCCCCCCOC(=O)CCS)CC2)CC1. The van der Waals surface area contributed by atoms with Gasteiger partial charge in [0.25, 0.3) is 0 Å². The Morgan fingerprint density at radius 2 is 0.962 bits per heavy atom. The zero-order chi connectivity index (χ0) is 37.2. The first kappa shape index (κ1) is 45.4. The summed E-state index contributed by atoms with van der Waals surface area (Å²) in [5, 5.41) is 9.04. The van der Waals surface area contributed by atoms with E-state index in [-0.39, 0.29) is 11.9 Å². The van der Waals surface area contributed by atoms with Crippen LogP contribution in [-0.2, 0) is 28.5 Å². The van der Waals surface area contributed by atoms with E-state index in [1.807, 2.05) is 0 Å². The first-order valence-corrected chi connectivity index (χ1v) is 22.9. The van der Waals surface area contributed by atoms with Gasteiger partial charge in [-0.05, 0) is 139 Å². The highest BCUT2D eigenvalue weighted by Gasteiger charge is 2.32. The van der Waals surface area contributed by atoms with Crippen LogP contribution in [0.3, 0.4) is 0 Å². The maximum Gasteiger partial charge on any atom is 0.306 e. The second-order valence-electron chi connectivity index (χ2n) is 16.3. The quantitative estimate of drug-likeness (QED) is 0.0682. The molecular weight excluding hydrogens is 691 g/mol. The van der Waals surface area contributed by atoms with Crippen molar-refractivity contribution >= 4 is 37.2 Å². The van der Waals surface area contributed by atoms with Crippen LogP contribution in [-0.4, -0.2) is 62.1 Å². The molecule has 0 atom stereocenters. The monoisotopic (exact) mass is 766 g/mol. The number of thiol groups is 2. The maximum atomic E-state index is 11.2. The molecule has 7 nitrogen and oxygen atoms in total. The Morgan fingerprint density at radius 3 is 1.40 bits per heavy atom. The summed E-state index contributed by atoms with van der Waals surface area (Å²) in [5.41, 5.74) is 0. The van der Waals surface area contributed by atoms with Crippen LogP contribution in [0.4, 0.5) is 0 Å². The highest BCUT2D eigenvalue weighted by molar-refractivity contribution is 7.80. The van der Waals surface area contributed by atoms with Gasteiger partial charge in [0.15, 0.2) is 0 Å². The molecule has 4 aliphatic carbocycles. The highest BCUT2D eigenvalue weighted by atomic mass is 32.1. The van der Waals surface area contributed by atoms with Crippen molar-refractivity contribution in [3.05, 3.63) is 0 Å². The molecule has 0 unspecified atom stereocenters. The molecule has 4 rings (SSSR count). The lowest BCUT2D eigenvalue weighted by Gasteiger charge is -2.37. The summed E-state index contributed by atoms with van der Waals surface area (Å²) in [6.07, 6.45) is 30.4. The maximum absolute atomic E-state index is 11.2. The lowest BCUT2D eigenvalue weighted by molar-refractivity contribution is -0.144. The van der Waals surface area contributed by atoms with Crippen molar-refractivity contribution in [1.82, 2.24) is 0 Å². The normalized spacial score (nSPS) is 29.3. The minimum absolute atomic E-state index is 0.137. The topological polar surface area (TPSA) is 94.8 Å². The van der Waals surface area contributed by atoms with E-state index in [2.05, 4.69) is 38.3 Å². The minimum atomic E-state index is -0.149. The van der Waals surface area contributed by atoms with Gasteiger partial charge in [0.1, 0.15) is 0 Å². The fraction of sp³-hybridized carbons (Fsp3) is 0.930. The largest absolute Gasteiger partial charge is 0.466 e. The van der Waals surface area contributed by atoms with Gasteiger partial charge in [-0.15, -0.1) is 0 Å². The van der Waals surface area contributed by atoms with Gasteiger partial charge in [0, 0.05) is 30.5 Å². The van der Waals surface area contributed by atoms with Crippen molar-refractivity contribution in [3.8, 4) is 6.07 Å². The average molecular weight is 766 g/mol. The van der Waals surface area contributed by atoms with E-state index >= 15 is 0 Å². The summed E-state index contributed by atoms with van der Waals surface area (Å²) < 4.78 is 22.3. The van der Waals surface area contributed by atoms with Crippen LogP contribution >= 0.6 is 25.3 Å². The molecule has 0 saturated heterocycles. The van der Waals surface area contributed by atoms with E-state index in [1.165, 1.54) is 103 Å². The summed E-state index contributed by atoms with van der Waals surface area (Å²) in [6, 6.07) is 2.44. The van der Waals surface area contributed by atoms with Crippen molar-refractivity contribution in [2.45, 2.75) is 180 Å². The van der Waals surface area contributed by atoms with E-state index in [9.17, 15) is 9.59 Å². The molecule has 0 N–H and O–H groups in total. The van der Waals surface area contributed by atoms with E-state index < -0.39 is 0 Å². The Kier molecular flexibility index (Phi) is 24.9. The number of esters is 2. The van der Waals surface area contributed by atoms with Crippen molar-refractivity contribution in [3.63, 3.8) is 0 Å². The number of nitrogens with zero attached hydrogens (tertiary/aromatic N) is 1. The lowest BCUT2D eigenvalue weighted by Crippen LogP contribution is -2.29. The second-order valence-corrected chi connectivity index (χ2v) is 17.2. The minimum Gasteiger partial charge on any atom is -0.466 e. The van der Waals surface area contributed by atoms with Gasteiger partial charge in [0.05, 0.1) is 50.9 Å². The molecule has 4 fully saturated rings. The Hall–Kier alpha value is -0.950. The number of ether oxygens (including phenoxy) is 4. The van der Waals surface area contributed by atoms with Crippen LogP contribution in [0.2, 0.25) is 0 Å². The Morgan fingerprint density at radius 1 is 0.558 bits per heavy atom. The molecule has 300 valence electrons. The molecule has 52 heavy (non-hydrogen) atoms. The standard InChI is InChI=1S/C22H37NO3S.C21H38O3S/c23-17-18-5-7-19(8-6-18)20-9-11-21(12-10-20)25-14-3-1-2-4-15-26-22(24)13-16-27;1-2-4-17-5-7-18(8-6-17)19-9-11-20(12-10-19)23-14-3-15-24-21(22)13-16-25/h18-21,27H,1-16H2;17-20,25H,2-16H2,1H3. The Balaban J connectivity index is 0.000000281. The van der Waals surface area contributed by atoms with Gasteiger partial charge >= 0.3 is 11.9 Å². The van der Waals surface area contributed by atoms with Gasteiger partial charge in [-0.3, -0.25) is 9.59 Å². The first-order valence-electron chi connectivity index (χ1n) is 21.6. The molecule has 4 aliphatic rings. The number of rotatable bonds is 21. The number of unbranched alkanes of at least 4 members (excludes halogenated alkanes) is 3. The van der Waals surface area contributed by atoms with Crippen molar-refractivity contribution in [2.75, 3.05) is 37.9 Å². The fourth-order valence-electron chi connectivity index (χ4n) is 9.35. The van der Waals surface area contributed by atoms with Crippen LogP contribution < -0.4 is 0 Å². The van der Waals surface area contributed by atoms with E-state index in [0.29, 0.717) is 62.3 Å². The van der Waals surface area contributed by atoms with Crippen molar-refractivity contribution in [2.24, 2.45) is 35.5 Å². The summed E-state index contributed by atoms with van der Waals surface area (Å²) in [7, 11) is 0. The van der Waals surface area contributed by atoms with Gasteiger partial charge in [-0.1, -0.05) is 39.0 Å². The van der Waals surface area contributed by atoms with Gasteiger partial charge in [-0.25, -0.2) is 0 Å². The molecule has 4 saturated carbocycles. The molecule has 0 amide bonds. The molecular formula is C43H75NO6S2. The zero-order valence-electron chi connectivity index (χ0n) is 32.8. The van der Waals surface area contributed by atoms with Gasteiger partial charge < -0.3 is 18.9 Å². The molecule has 0 bridgehead atoms. The third kappa shape index (κ3) is 19.1. The number of nitriles is 1. The van der Waals surface area contributed by atoms with E-state index in [4.69, 9.17) is 24.2 Å². The summed E-state index contributed by atoms with van der Waals surface area (Å²) in [5.74, 6) is 5.83. The van der Waals surface area contributed by atoms with E-state index in [1.54, 1.807) is 0 Å². The zero-order valence-corrected chi connectivity index (χ0v) is 34.6. The average Bonchev–Trinajstić information content (AvgIpc) is 3.17. The molecule has 0 aromatic heterocycles. The summed E-state index contributed by atoms with van der Waals surface area (Å²) >= 11 is 8.04. The molecule has 0 aromatic rings. The predicted molar refractivity (Wildman–Crippen MR) is 217 cm³/mol. The number of hydrogen-bond acceptors (Lipinski definition) is 9. The number of hydrogen-bond donors (Lipinski definition) is 2. The highest BCUT2D eigenvalue weighted by Crippen LogP contribution is 2.42. The van der Waals surface area contributed by atoms with Crippen LogP contribution in [0.25, 0.3) is 0 Å². The third-order valence-corrected chi connectivity index (χ3v) is 13.0. The summed E-state index contributed by atoms with van der Waals surface area (Å²) in [6.45, 7) is 4.91. The van der Waals surface area contributed by atoms with Crippen molar-refractivity contribution < 1.29 is 28.5 Å². The second kappa shape index (κ2) is 28.5. The Labute approximate surface area is 329 Å². The Bertz CT molecular complexity index is 961. The van der Waals surface area contributed by atoms with E-state index in [0.717, 1.165) is 81.1 Å². The van der Waals surface area contributed by atoms with Crippen LogP contribution in [0, 0.1) is 46.8 Å². The number of carbonyl (C=O) groups is 2. The lowest BCUT2D eigenvalue weighted by atomic mass is 9.70. The number of carbonyl (C=O) groups excluding carboxylic acids is 2. The molecule has 0 aromatic carbocycles. The molecule has 0 radical (unpaired) electrons. The fourth-order valence-corrected chi connectivity index (χ4v) is 9.71. The van der Waals surface area contributed by atoms with Crippen LogP contribution in [0.1, 0.15) is 167 Å². The van der Waals surface area contributed by atoms with Gasteiger partial charge in [0.2, 0.25) is 0 Å². The van der Waals surface area contributed by atoms with Crippen molar-refractivity contribution in [1.29, 1.82) is 5.26 Å². The molecule has 9 heteroatoms. The van der Waals surface area contributed by atoms with Gasteiger partial charge in [-0.2, -0.15) is 30.5 Å². The first-order chi connectivity index (χ1) is 25.4. The molecule has 0 spiro atoms. The smallest absolute Gasteiger partial charge is 0.306 e. The van der Waals surface area contributed by atoms with Crippen LogP contribution in [0.5, 0.6) is 0 Å². The third-order valence-electron chi connectivity index (χ3n) is 12.5.